The Kier molecular flexibility index (Phi) is 4.72. The van der Waals surface area contributed by atoms with Crippen molar-refractivity contribution < 1.29 is 26.0 Å². The summed E-state index contributed by atoms with van der Waals surface area (Å²) in [5.74, 6) is -2.78. The van der Waals surface area contributed by atoms with Gasteiger partial charge in [0.2, 0.25) is 10.0 Å². The number of alkyl halides is 2. The molecule has 0 aliphatic heterocycles. The number of hydrogen-bond donors (Lipinski definition) is 0. The second-order valence-electron chi connectivity index (χ2n) is 5.48. The number of imidazole rings is 1. The van der Waals surface area contributed by atoms with Crippen molar-refractivity contribution in [2.45, 2.75) is 18.0 Å². The van der Waals surface area contributed by atoms with E-state index in [1.165, 1.54) is 12.1 Å². The van der Waals surface area contributed by atoms with Crippen LogP contribution < -0.4 is 0 Å². The minimum Gasteiger partial charge on any atom is -0.269 e. The Labute approximate surface area is 146 Å². The quantitative estimate of drug-likeness (QED) is 0.630. The van der Waals surface area contributed by atoms with Crippen molar-refractivity contribution in [2.24, 2.45) is 0 Å². The highest BCUT2D eigenvalue weighted by Gasteiger charge is 2.30. The Morgan fingerprint density at radius 2 is 1.69 bits per heavy atom. The summed E-state index contributed by atoms with van der Waals surface area (Å²) in [7, 11) is -3.56. The first-order chi connectivity index (χ1) is 12.2. The first-order valence-electron chi connectivity index (χ1n) is 7.38. The molecule has 1 aromatic heterocycles. The Bertz CT molecular complexity index is 1050. The van der Waals surface area contributed by atoms with Gasteiger partial charge < -0.3 is 0 Å². The molecule has 0 aliphatic carbocycles. The number of nitrogens with zero attached hydrogens (tertiary/aromatic N) is 3. The molecule has 0 N–H and O–H groups in total. The van der Waals surface area contributed by atoms with Gasteiger partial charge in [0.05, 0.1) is 17.6 Å². The summed E-state index contributed by atoms with van der Waals surface area (Å²) in [6.07, 6.45) is 0. The summed E-state index contributed by atoms with van der Waals surface area (Å²) in [4.78, 5) is 2.88. The Balaban J connectivity index is 2.04. The third kappa shape index (κ3) is 3.06. The van der Waals surface area contributed by atoms with Crippen LogP contribution in [0.5, 0.6) is 0 Å². The van der Waals surface area contributed by atoms with E-state index in [1.807, 2.05) is 0 Å². The van der Waals surface area contributed by atoms with Crippen molar-refractivity contribution in [1.82, 2.24) is 13.9 Å². The largest absolute Gasteiger partial charge is 0.320 e. The van der Waals surface area contributed by atoms with Crippen LogP contribution in [0.3, 0.4) is 0 Å². The van der Waals surface area contributed by atoms with E-state index in [1.54, 1.807) is 12.1 Å². The SMILES string of the molecule is CN(Cc1nc2ccccc2n1C(F)F)S(=O)(=O)c1c(F)cccc1F. The summed E-state index contributed by atoms with van der Waals surface area (Å²) >= 11 is 0. The third-order valence-electron chi connectivity index (χ3n) is 3.82. The molecule has 10 heteroatoms. The standard InChI is InChI=1S/C16H13F4N3O2S/c1-22(26(24,25)15-10(17)5-4-6-11(15)18)9-14-21-12-7-2-3-8-13(12)23(14)16(19)20/h2-8,16H,9H2,1H3. The summed E-state index contributed by atoms with van der Waals surface area (Å²) in [5.41, 5.74) is 0.381. The molecule has 0 bridgehead atoms. The number of hydrogen-bond acceptors (Lipinski definition) is 3. The number of benzene rings is 2. The molecule has 0 fully saturated rings. The van der Waals surface area contributed by atoms with Crippen molar-refractivity contribution in [3.05, 3.63) is 59.9 Å². The summed E-state index contributed by atoms with van der Waals surface area (Å²) < 4.78 is 80.7. The number of sulfonamides is 1. The van der Waals surface area contributed by atoms with Gasteiger partial charge in [-0.1, -0.05) is 18.2 Å². The van der Waals surface area contributed by atoms with Gasteiger partial charge >= 0.3 is 6.55 Å². The van der Waals surface area contributed by atoms with E-state index in [2.05, 4.69) is 4.98 Å². The van der Waals surface area contributed by atoms with Crippen LogP contribution in [-0.2, 0) is 16.6 Å². The molecule has 0 saturated heterocycles. The first kappa shape index (κ1) is 18.3. The number of para-hydroxylation sites is 2. The molecule has 0 radical (unpaired) electrons. The monoisotopic (exact) mass is 387 g/mol. The minimum absolute atomic E-state index is 0.125. The average Bonchev–Trinajstić information content (AvgIpc) is 2.92. The van der Waals surface area contributed by atoms with Gasteiger partial charge in [-0.2, -0.15) is 13.1 Å². The van der Waals surface area contributed by atoms with Crippen LogP contribution in [0.15, 0.2) is 47.4 Å². The highest BCUT2D eigenvalue weighted by Crippen LogP contribution is 2.26. The zero-order valence-electron chi connectivity index (χ0n) is 13.4. The molecule has 0 amide bonds. The molecular formula is C16H13F4N3O2S. The van der Waals surface area contributed by atoms with E-state index in [-0.39, 0.29) is 16.9 Å². The fourth-order valence-corrected chi connectivity index (χ4v) is 3.82. The lowest BCUT2D eigenvalue weighted by Crippen LogP contribution is -2.29. The lowest BCUT2D eigenvalue weighted by molar-refractivity contribution is 0.0703. The van der Waals surface area contributed by atoms with Crippen molar-refractivity contribution in [3.8, 4) is 0 Å². The van der Waals surface area contributed by atoms with Gasteiger partial charge in [-0.05, 0) is 24.3 Å². The first-order valence-corrected chi connectivity index (χ1v) is 8.82. The molecule has 1 heterocycles. The average molecular weight is 387 g/mol. The van der Waals surface area contributed by atoms with Crippen molar-refractivity contribution >= 4 is 21.1 Å². The zero-order valence-corrected chi connectivity index (χ0v) is 14.2. The van der Waals surface area contributed by atoms with Crippen molar-refractivity contribution in [3.63, 3.8) is 0 Å². The molecule has 26 heavy (non-hydrogen) atoms. The van der Waals surface area contributed by atoms with Gasteiger partial charge in [0.25, 0.3) is 0 Å². The molecule has 3 aromatic rings. The second-order valence-corrected chi connectivity index (χ2v) is 7.46. The molecule has 138 valence electrons. The Morgan fingerprint density at radius 3 is 2.31 bits per heavy atom. The van der Waals surface area contributed by atoms with Gasteiger partial charge in [0, 0.05) is 7.05 Å². The maximum absolute atomic E-state index is 13.8. The van der Waals surface area contributed by atoms with Crippen molar-refractivity contribution in [1.29, 1.82) is 0 Å². The second kappa shape index (κ2) is 6.69. The lowest BCUT2D eigenvalue weighted by Gasteiger charge is -2.18. The maximum Gasteiger partial charge on any atom is 0.320 e. The van der Waals surface area contributed by atoms with E-state index in [0.717, 1.165) is 25.2 Å². The van der Waals surface area contributed by atoms with Gasteiger partial charge in [-0.15, -0.1) is 0 Å². The molecular weight excluding hydrogens is 374 g/mol. The van der Waals surface area contributed by atoms with Crippen LogP contribution in [0.2, 0.25) is 0 Å². The smallest absolute Gasteiger partial charge is 0.269 e. The molecule has 0 spiro atoms. The highest BCUT2D eigenvalue weighted by molar-refractivity contribution is 7.89. The summed E-state index contributed by atoms with van der Waals surface area (Å²) in [6.45, 7) is -3.55. The number of halogens is 4. The predicted molar refractivity (Wildman–Crippen MR) is 86.0 cm³/mol. The van der Waals surface area contributed by atoms with Crippen LogP contribution in [-0.4, -0.2) is 29.3 Å². The lowest BCUT2D eigenvalue weighted by atomic mass is 10.3. The van der Waals surface area contributed by atoms with Crippen LogP contribution in [0.25, 0.3) is 11.0 Å². The topological polar surface area (TPSA) is 55.2 Å². The fourth-order valence-electron chi connectivity index (χ4n) is 2.59. The third-order valence-corrected chi connectivity index (χ3v) is 5.67. The van der Waals surface area contributed by atoms with E-state index < -0.39 is 39.6 Å². The molecule has 2 aromatic carbocycles. The highest BCUT2D eigenvalue weighted by atomic mass is 32.2. The van der Waals surface area contributed by atoms with Crippen LogP contribution in [0, 0.1) is 11.6 Å². The number of rotatable bonds is 5. The van der Waals surface area contributed by atoms with Gasteiger partial charge in [0.1, 0.15) is 17.5 Å². The molecule has 3 rings (SSSR count). The van der Waals surface area contributed by atoms with E-state index in [0.29, 0.717) is 8.87 Å². The van der Waals surface area contributed by atoms with Gasteiger partial charge in [0.15, 0.2) is 4.90 Å². The van der Waals surface area contributed by atoms with Crippen LogP contribution >= 0.6 is 0 Å². The molecule has 0 atom stereocenters. The van der Waals surface area contributed by atoms with E-state index >= 15 is 0 Å². The van der Waals surface area contributed by atoms with Crippen molar-refractivity contribution in [2.75, 3.05) is 7.05 Å². The summed E-state index contributed by atoms with van der Waals surface area (Å²) in [5, 5.41) is 0. The number of fused-ring (bicyclic) bond motifs is 1. The Hall–Kier alpha value is -2.46. The summed E-state index contributed by atoms with van der Waals surface area (Å²) in [6, 6.07) is 8.70. The molecule has 0 unspecified atom stereocenters. The molecule has 0 saturated carbocycles. The van der Waals surface area contributed by atoms with Crippen LogP contribution in [0.1, 0.15) is 12.4 Å². The number of aromatic nitrogens is 2. The van der Waals surface area contributed by atoms with Gasteiger partial charge in [-0.25, -0.2) is 22.2 Å². The molecule has 5 nitrogen and oxygen atoms in total. The fraction of sp³-hybridized carbons (Fsp3) is 0.188. The van der Waals surface area contributed by atoms with Gasteiger partial charge in [-0.3, -0.25) is 4.57 Å². The Morgan fingerprint density at radius 1 is 1.08 bits per heavy atom. The van der Waals surface area contributed by atoms with E-state index in [9.17, 15) is 26.0 Å². The normalized spacial score (nSPS) is 12.4. The minimum atomic E-state index is -4.59. The molecule has 0 aliphatic rings. The van der Waals surface area contributed by atoms with Crippen LogP contribution in [0.4, 0.5) is 17.6 Å². The zero-order chi connectivity index (χ0) is 19.1. The maximum atomic E-state index is 13.8. The van der Waals surface area contributed by atoms with E-state index in [4.69, 9.17) is 0 Å². The predicted octanol–water partition coefficient (Wildman–Crippen LogP) is 3.53.